The fraction of sp³-hybridized carbons (Fsp3) is 0.647. The maximum Gasteiger partial charge on any atom is 0.127 e. The van der Waals surface area contributed by atoms with Crippen LogP contribution in [-0.2, 0) is 4.74 Å². The molecule has 0 amide bonds. The highest BCUT2D eigenvalue weighted by Gasteiger charge is 2.14. The minimum Gasteiger partial charge on any atom is -0.380 e. The second-order valence-corrected chi connectivity index (χ2v) is 5.39. The zero-order chi connectivity index (χ0) is 15.5. The SMILES string of the molecule is CCCCOCCNCCN(C)C(C)c1ccccc1F. The van der Waals surface area contributed by atoms with E-state index in [1.807, 2.05) is 26.1 Å². The molecule has 0 aliphatic heterocycles. The Hall–Kier alpha value is -0.970. The third-order valence-corrected chi connectivity index (χ3v) is 3.72. The van der Waals surface area contributed by atoms with Gasteiger partial charge in [0.2, 0.25) is 0 Å². The van der Waals surface area contributed by atoms with Crippen molar-refractivity contribution in [3.63, 3.8) is 0 Å². The van der Waals surface area contributed by atoms with Crippen LogP contribution in [-0.4, -0.2) is 44.8 Å². The van der Waals surface area contributed by atoms with Crippen LogP contribution in [0, 0.1) is 5.82 Å². The van der Waals surface area contributed by atoms with Gasteiger partial charge < -0.3 is 10.1 Å². The number of unbranched alkanes of at least 4 members (excludes halogenated alkanes) is 1. The van der Waals surface area contributed by atoms with Gasteiger partial charge in [0, 0.05) is 37.8 Å². The van der Waals surface area contributed by atoms with Crippen molar-refractivity contribution in [3.05, 3.63) is 35.6 Å². The van der Waals surface area contributed by atoms with Crippen LogP contribution >= 0.6 is 0 Å². The second kappa shape index (κ2) is 10.7. The van der Waals surface area contributed by atoms with E-state index in [1.54, 1.807) is 6.07 Å². The molecule has 0 aromatic heterocycles. The van der Waals surface area contributed by atoms with E-state index < -0.39 is 0 Å². The van der Waals surface area contributed by atoms with Crippen molar-refractivity contribution >= 4 is 0 Å². The number of rotatable bonds is 11. The smallest absolute Gasteiger partial charge is 0.127 e. The summed E-state index contributed by atoms with van der Waals surface area (Å²) in [5, 5.41) is 3.35. The Morgan fingerprint density at radius 3 is 2.71 bits per heavy atom. The van der Waals surface area contributed by atoms with Gasteiger partial charge in [-0.05, 0) is 26.5 Å². The molecule has 0 heterocycles. The van der Waals surface area contributed by atoms with E-state index in [4.69, 9.17) is 4.74 Å². The van der Waals surface area contributed by atoms with Crippen molar-refractivity contribution in [2.75, 3.05) is 39.9 Å². The average molecular weight is 296 g/mol. The summed E-state index contributed by atoms with van der Waals surface area (Å²) in [7, 11) is 2.02. The van der Waals surface area contributed by atoms with Gasteiger partial charge in [0.1, 0.15) is 5.82 Å². The van der Waals surface area contributed by atoms with Crippen LogP contribution in [0.5, 0.6) is 0 Å². The van der Waals surface area contributed by atoms with Gasteiger partial charge in [-0.3, -0.25) is 4.90 Å². The maximum absolute atomic E-state index is 13.7. The first-order valence-electron chi connectivity index (χ1n) is 7.90. The lowest BCUT2D eigenvalue weighted by molar-refractivity contribution is 0.132. The lowest BCUT2D eigenvalue weighted by Crippen LogP contribution is -2.33. The van der Waals surface area contributed by atoms with Crippen LogP contribution in [0.3, 0.4) is 0 Å². The molecule has 21 heavy (non-hydrogen) atoms. The van der Waals surface area contributed by atoms with E-state index in [0.717, 1.165) is 44.8 Å². The molecule has 0 fully saturated rings. The second-order valence-electron chi connectivity index (χ2n) is 5.39. The van der Waals surface area contributed by atoms with Crippen LogP contribution < -0.4 is 5.32 Å². The molecule has 0 spiro atoms. The van der Waals surface area contributed by atoms with Gasteiger partial charge in [-0.2, -0.15) is 0 Å². The Morgan fingerprint density at radius 2 is 2.00 bits per heavy atom. The minimum absolute atomic E-state index is 0.0776. The summed E-state index contributed by atoms with van der Waals surface area (Å²) in [5.41, 5.74) is 0.753. The minimum atomic E-state index is -0.130. The largest absolute Gasteiger partial charge is 0.380 e. The van der Waals surface area contributed by atoms with Crippen LogP contribution in [0.2, 0.25) is 0 Å². The van der Waals surface area contributed by atoms with Crippen molar-refractivity contribution in [2.45, 2.75) is 32.7 Å². The topological polar surface area (TPSA) is 24.5 Å². The van der Waals surface area contributed by atoms with E-state index >= 15 is 0 Å². The summed E-state index contributed by atoms with van der Waals surface area (Å²) in [4.78, 5) is 2.16. The van der Waals surface area contributed by atoms with Gasteiger partial charge in [-0.15, -0.1) is 0 Å². The molecule has 1 N–H and O–H groups in total. The molecule has 0 aliphatic rings. The molecule has 1 aromatic carbocycles. The molecule has 0 saturated heterocycles. The number of nitrogens with one attached hydrogen (secondary N) is 1. The van der Waals surface area contributed by atoms with Gasteiger partial charge in [0.15, 0.2) is 0 Å². The van der Waals surface area contributed by atoms with Crippen LogP contribution in [0.1, 0.15) is 38.3 Å². The number of benzene rings is 1. The van der Waals surface area contributed by atoms with Gasteiger partial charge >= 0.3 is 0 Å². The van der Waals surface area contributed by atoms with Crippen LogP contribution in [0.4, 0.5) is 4.39 Å². The Kier molecular flexibility index (Phi) is 9.22. The summed E-state index contributed by atoms with van der Waals surface area (Å²) in [6.45, 7) is 8.43. The molecule has 1 unspecified atom stereocenters. The Balaban J connectivity index is 2.16. The van der Waals surface area contributed by atoms with Crippen LogP contribution in [0.25, 0.3) is 0 Å². The predicted molar refractivity (Wildman–Crippen MR) is 86.0 cm³/mol. The van der Waals surface area contributed by atoms with E-state index in [9.17, 15) is 4.39 Å². The molecule has 0 saturated carbocycles. The molecule has 3 nitrogen and oxygen atoms in total. The van der Waals surface area contributed by atoms with Gasteiger partial charge in [-0.25, -0.2) is 4.39 Å². The number of nitrogens with zero attached hydrogens (tertiary/aromatic N) is 1. The highest BCUT2D eigenvalue weighted by molar-refractivity contribution is 5.20. The molecule has 0 aliphatic carbocycles. The standard InChI is InChI=1S/C17H29FN2O/c1-4-5-13-21-14-11-19-10-12-20(3)15(2)16-8-6-7-9-17(16)18/h6-9,15,19H,4-5,10-14H2,1-3H3. The third kappa shape index (κ3) is 7.02. The van der Waals surface area contributed by atoms with Crippen molar-refractivity contribution < 1.29 is 9.13 Å². The number of halogens is 1. The number of ether oxygens (including phenoxy) is 1. The normalized spacial score (nSPS) is 12.8. The van der Waals surface area contributed by atoms with Crippen LogP contribution in [0.15, 0.2) is 24.3 Å². The Labute approximate surface area is 128 Å². The molecule has 1 rings (SSSR count). The summed E-state index contributed by atoms with van der Waals surface area (Å²) >= 11 is 0. The zero-order valence-electron chi connectivity index (χ0n) is 13.6. The van der Waals surface area contributed by atoms with Gasteiger partial charge in [0.05, 0.1) is 6.61 Å². The molecule has 1 atom stereocenters. The third-order valence-electron chi connectivity index (χ3n) is 3.72. The lowest BCUT2D eigenvalue weighted by atomic mass is 10.1. The summed E-state index contributed by atoms with van der Waals surface area (Å²) in [6.07, 6.45) is 2.30. The van der Waals surface area contributed by atoms with Crippen molar-refractivity contribution in [2.24, 2.45) is 0 Å². The first kappa shape index (κ1) is 18.1. The fourth-order valence-corrected chi connectivity index (χ4v) is 2.12. The molecule has 4 heteroatoms. The number of hydrogen-bond donors (Lipinski definition) is 1. The molecule has 1 aromatic rings. The molecular formula is C17H29FN2O. The fourth-order valence-electron chi connectivity index (χ4n) is 2.12. The number of hydrogen-bond acceptors (Lipinski definition) is 3. The van der Waals surface area contributed by atoms with E-state index in [0.29, 0.717) is 0 Å². The Morgan fingerprint density at radius 1 is 1.24 bits per heavy atom. The van der Waals surface area contributed by atoms with Crippen molar-refractivity contribution in [3.8, 4) is 0 Å². The molecule has 120 valence electrons. The van der Waals surface area contributed by atoms with Crippen molar-refractivity contribution in [1.29, 1.82) is 0 Å². The zero-order valence-corrected chi connectivity index (χ0v) is 13.6. The van der Waals surface area contributed by atoms with Gasteiger partial charge in [0.25, 0.3) is 0 Å². The lowest BCUT2D eigenvalue weighted by Gasteiger charge is -2.25. The molecule has 0 bridgehead atoms. The summed E-state index contributed by atoms with van der Waals surface area (Å²) < 4.78 is 19.2. The summed E-state index contributed by atoms with van der Waals surface area (Å²) in [5.74, 6) is -0.130. The van der Waals surface area contributed by atoms with E-state index in [-0.39, 0.29) is 11.9 Å². The average Bonchev–Trinajstić information content (AvgIpc) is 2.49. The number of likely N-dealkylation sites (N-methyl/N-ethyl adjacent to an activating group) is 1. The first-order chi connectivity index (χ1) is 10.2. The quantitative estimate of drug-likeness (QED) is 0.635. The van der Waals surface area contributed by atoms with Crippen molar-refractivity contribution in [1.82, 2.24) is 10.2 Å². The summed E-state index contributed by atoms with van der Waals surface area (Å²) in [6, 6.07) is 7.06. The maximum atomic E-state index is 13.7. The first-order valence-corrected chi connectivity index (χ1v) is 7.90. The Bertz CT molecular complexity index is 387. The highest BCUT2D eigenvalue weighted by atomic mass is 19.1. The molecular weight excluding hydrogens is 267 g/mol. The predicted octanol–water partition coefficient (Wildman–Crippen LogP) is 3.22. The van der Waals surface area contributed by atoms with Gasteiger partial charge in [-0.1, -0.05) is 31.5 Å². The van der Waals surface area contributed by atoms with E-state index in [2.05, 4.69) is 17.1 Å². The highest BCUT2D eigenvalue weighted by Crippen LogP contribution is 2.20. The van der Waals surface area contributed by atoms with E-state index in [1.165, 1.54) is 12.5 Å². The molecule has 0 radical (unpaired) electrons. The monoisotopic (exact) mass is 296 g/mol.